The van der Waals surface area contributed by atoms with Crippen molar-refractivity contribution in [2.45, 2.75) is 57.4 Å². The molecule has 1 atom stereocenters. The number of nitrogens with zero attached hydrogens (tertiary/aromatic N) is 5. The summed E-state index contributed by atoms with van der Waals surface area (Å²) >= 11 is 0. The van der Waals surface area contributed by atoms with E-state index in [9.17, 15) is 10.4 Å². The van der Waals surface area contributed by atoms with Crippen molar-refractivity contribution in [1.29, 1.82) is 5.26 Å². The quantitative estimate of drug-likeness (QED) is 0.550. The molecule has 6 heteroatoms. The number of anilines is 1. The number of hydrogen-bond donors (Lipinski definition) is 1. The summed E-state index contributed by atoms with van der Waals surface area (Å²) in [5.74, 6) is 0.476. The Labute approximate surface area is 200 Å². The van der Waals surface area contributed by atoms with Crippen LogP contribution in [0.15, 0.2) is 35.6 Å². The smallest absolute Gasteiger partial charge is 0.102 e. The molecular formula is C28H31N5O. The largest absolute Gasteiger partial charge is 0.396 e. The Morgan fingerprint density at radius 3 is 2.82 bits per heavy atom. The molecule has 2 aliphatic heterocycles. The molecule has 3 aromatic rings. The van der Waals surface area contributed by atoms with Crippen LogP contribution in [-0.2, 0) is 6.42 Å². The van der Waals surface area contributed by atoms with Gasteiger partial charge in [0.05, 0.1) is 34.3 Å². The fourth-order valence-corrected chi connectivity index (χ4v) is 6.20. The highest BCUT2D eigenvalue weighted by Crippen LogP contribution is 2.44. The minimum Gasteiger partial charge on any atom is -0.396 e. The summed E-state index contributed by atoms with van der Waals surface area (Å²) in [6, 6.07) is 11.8. The summed E-state index contributed by atoms with van der Waals surface area (Å²) in [6.45, 7) is 2.03. The maximum Gasteiger partial charge on any atom is 0.102 e. The van der Waals surface area contributed by atoms with Gasteiger partial charge >= 0.3 is 0 Å². The average Bonchev–Trinajstić information content (AvgIpc) is 3.63. The first kappa shape index (κ1) is 21.4. The van der Waals surface area contributed by atoms with Gasteiger partial charge in [-0.15, -0.1) is 0 Å². The standard InChI is InChI=1S/C28H31N5O/c29-16-24-22-8-11-30-28(22)23(15-27(24)32-12-9-19(17-32)10-13-34)20-6-7-26-25(14-20)31-18-33(26)21-4-2-1-3-5-21/h6-7,11,14-15,18-19,21,34H,1-5,8-10,12-13,17H2. The monoisotopic (exact) mass is 453 g/mol. The van der Waals surface area contributed by atoms with E-state index in [0.29, 0.717) is 18.4 Å². The van der Waals surface area contributed by atoms with Gasteiger partial charge in [0.25, 0.3) is 0 Å². The molecule has 1 saturated heterocycles. The van der Waals surface area contributed by atoms with Gasteiger partial charge in [-0.1, -0.05) is 25.3 Å². The maximum absolute atomic E-state index is 10.1. The number of aliphatic hydroxyl groups excluding tert-OH is 1. The van der Waals surface area contributed by atoms with Crippen LogP contribution >= 0.6 is 0 Å². The van der Waals surface area contributed by atoms with Crippen molar-refractivity contribution >= 4 is 28.6 Å². The van der Waals surface area contributed by atoms with E-state index in [1.54, 1.807) is 0 Å². The Kier molecular flexibility index (Phi) is 5.58. The van der Waals surface area contributed by atoms with Crippen LogP contribution in [0.1, 0.15) is 62.1 Å². The van der Waals surface area contributed by atoms with Crippen LogP contribution in [0.25, 0.3) is 22.2 Å². The van der Waals surface area contributed by atoms with Crippen LogP contribution in [0.3, 0.4) is 0 Å². The molecule has 2 fully saturated rings. The number of fused-ring (bicyclic) bond motifs is 2. The Hall–Kier alpha value is -3.17. The van der Waals surface area contributed by atoms with Crippen LogP contribution in [0.4, 0.5) is 11.4 Å². The predicted octanol–water partition coefficient (Wildman–Crippen LogP) is 5.55. The molecule has 0 spiro atoms. The molecule has 174 valence electrons. The molecule has 6 nitrogen and oxygen atoms in total. The highest BCUT2D eigenvalue weighted by Gasteiger charge is 2.28. The lowest BCUT2D eigenvalue weighted by atomic mass is 9.93. The number of aromatic nitrogens is 2. The van der Waals surface area contributed by atoms with Gasteiger partial charge < -0.3 is 14.6 Å². The van der Waals surface area contributed by atoms with E-state index in [4.69, 9.17) is 9.98 Å². The molecule has 0 amide bonds. The van der Waals surface area contributed by atoms with E-state index < -0.39 is 0 Å². The SMILES string of the molecule is N#Cc1c(N2CCC(CCO)C2)cc(-c2ccc3c(c2)ncn3C2CCCCC2)c2c1CC=N2. The third-order valence-electron chi connectivity index (χ3n) is 8.03. The molecule has 34 heavy (non-hydrogen) atoms. The van der Waals surface area contributed by atoms with E-state index in [1.165, 1.54) is 37.6 Å². The third kappa shape index (κ3) is 3.59. The van der Waals surface area contributed by atoms with Gasteiger partial charge in [0.2, 0.25) is 0 Å². The molecule has 3 aliphatic rings. The molecular weight excluding hydrogens is 422 g/mol. The molecule has 1 N–H and O–H groups in total. The van der Waals surface area contributed by atoms with Crippen molar-refractivity contribution < 1.29 is 5.11 Å². The third-order valence-corrected chi connectivity index (χ3v) is 8.03. The van der Waals surface area contributed by atoms with Gasteiger partial charge in [0.15, 0.2) is 0 Å². The van der Waals surface area contributed by atoms with Crippen molar-refractivity contribution in [2.24, 2.45) is 10.9 Å². The van der Waals surface area contributed by atoms with Gasteiger partial charge in [-0.05, 0) is 55.4 Å². The molecule has 1 aromatic heterocycles. The minimum absolute atomic E-state index is 0.223. The van der Waals surface area contributed by atoms with Gasteiger partial charge in [-0.3, -0.25) is 4.99 Å². The lowest BCUT2D eigenvalue weighted by Gasteiger charge is -2.24. The minimum atomic E-state index is 0.223. The molecule has 6 rings (SSSR count). The number of aliphatic hydroxyl groups is 1. The first-order valence-electron chi connectivity index (χ1n) is 12.7. The topological polar surface area (TPSA) is 77.4 Å². The van der Waals surface area contributed by atoms with E-state index in [-0.39, 0.29) is 6.61 Å². The van der Waals surface area contributed by atoms with Crippen molar-refractivity contribution in [3.63, 3.8) is 0 Å². The molecule has 1 saturated carbocycles. The second-order valence-electron chi connectivity index (χ2n) is 10.0. The van der Waals surface area contributed by atoms with Crippen molar-refractivity contribution in [1.82, 2.24) is 9.55 Å². The highest BCUT2D eigenvalue weighted by molar-refractivity contribution is 5.94. The number of aliphatic imine (C=N–C) groups is 1. The summed E-state index contributed by atoms with van der Waals surface area (Å²) in [5, 5.41) is 19.4. The zero-order valence-corrected chi connectivity index (χ0v) is 19.6. The molecule has 3 heterocycles. The molecule has 1 unspecified atom stereocenters. The lowest BCUT2D eigenvalue weighted by Crippen LogP contribution is -2.21. The molecule has 1 aliphatic carbocycles. The van der Waals surface area contributed by atoms with E-state index in [2.05, 4.69) is 39.8 Å². The Morgan fingerprint density at radius 1 is 1.12 bits per heavy atom. The second-order valence-corrected chi connectivity index (χ2v) is 10.0. The van der Waals surface area contributed by atoms with Gasteiger partial charge in [-0.2, -0.15) is 5.26 Å². The van der Waals surface area contributed by atoms with Crippen molar-refractivity contribution in [3.8, 4) is 17.2 Å². The number of rotatable bonds is 5. The number of benzene rings is 2. The van der Waals surface area contributed by atoms with Crippen molar-refractivity contribution in [2.75, 3.05) is 24.6 Å². The molecule has 0 radical (unpaired) electrons. The summed E-state index contributed by atoms with van der Waals surface area (Å²) in [7, 11) is 0. The summed E-state index contributed by atoms with van der Waals surface area (Å²) in [6.07, 6.45) is 12.9. The van der Waals surface area contributed by atoms with Crippen LogP contribution in [-0.4, -0.2) is 40.6 Å². The Bertz CT molecular complexity index is 1290. The second kappa shape index (κ2) is 8.88. The van der Waals surface area contributed by atoms with E-state index >= 15 is 0 Å². The number of hydrogen-bond acceptors (Lipinski definition) is 5. The highest BCUT2D eigenvalue weighted by atomic mass is 16.3. The average molecular weight is 454 g/mol. The first-order chi connectivity index (χ1) is 16.8. The van der Waals surface area contributed by atoms with Gasteiger partial charge in [-0.25, -0.2) is 4.98 Å². The first-order valence-corrected chi connectivity index (χ1v) is 12.7. The normalized spacial score (nSPS) is 20.2. The zero-order valence-electron chi connectivity index (χ0n) is 19.6. The van der Waals surface area contributed by atoms with Gasteiger partial charge in [0.1, 0.15) is 6.07 Å². The molecule has 0 bridgehead atoms. The summed E-state index contributed by atoms with van der Waals surface area (Å²) in [4.78, 5) is 11.8. The maximum atomic E-state index is 10.1. The van der Waals surface area contributed by atoms with Gasteiger partial charge in [0, 0.05) is 49.5 Å². The predicted molar refractivity (Wildman–Crippen MR) is 136 cm³/mol. The van der Waals surface area contributed by atoms with Crippen LogP contribution in [0, 0.1) is 17.2 Å². The number of nitriles is 1. The Balaban J connectivity index is 1.41. The van der Waals surface area contributed by atoms with E-state index in [1.807, 2.05) is 12.5 Å². The van der Waals surface area contributed by atoms with Crippen molar-refractivity contribution in [3.05, 3.63) is 41.7 Å². The summed E-state index contributed by atoms with van der Waals surface area (Å²) < 4.78 is 2.37. The summed E-state index contributed by atoms with van der Waals surface area (Å²) in [5.41, 5.74) is 8.14. The number of imidazole rings is 1. The lowest BCUT2D eigenvalue weighted by molar-refractivity contribution is 0.263. The van der Waals surface area contributed by atoms with Crippen LogP contribution < -0.4 is 4.90 Å². The molecule has 2 aromatic carbocycles. The van der Waals surface area contributed by atoms with Crippen LogP contribution in [0.5, 0.6) is 0 Å². The fourth-order valence-electron chi connectivity index (χ4n) is 6.20. The zero-order chi connectivity index (χ0) is 23.1. The Morgan fingerprint density at radius 2 is 2.00 bits per heavy atom. The van der Waals surface area contributed by atoms with E-state index in [0.717, 1.165) is 65.1 Å². The van der Waals surface area contributed by atoms with Crippen LogP contribution in [0.2, 0.25) is 0 Å². The fraction of sp³-hybridized carbons (Fsp3) is 0.464.